The van der Waals surface area contributed by atoms with Crippen molar-refractivity contribution in [3.05, 3.63) is 59.1 Å². The molecule has 0 unspecified atom stereocenters. The summed E-state index contributed by atoms with van der Waals surface area (Å²) in [6.45, 7) is 0. The minimum absolute atomic E-state index is 0.301. The third-order valence-corrected chi connectivity index (χ3v) is 2.66. The second-order valence-electron chi connectivity index (χ2n) is 3.55. The van der Waals surface area contributed by atoms with Gasteiger partial charge < -0.3 is 9.47 Å². The Kier molecular flexibility index (Phi) is 3.85. The van der Waals surface area contributed by atoms with Gasteiger partial charge in [-0.3, -0.25) is 0 Å². The summed E-state index contributed by atoms with van der Waals surface area (Å²) in [7, 11) is 1.54. The lowest BCUT2D eigenvalue weighted by molar-refractivity contribution is 0.0735. The first kappa shape index (κ1) is 12.5. The van der Waals surface area contributed by atoms with E-state index in [0.29, 0.717) is 22.1 Å². The summed E-state index contributed by atoms with van der Waals surface area (Å²) in [5, 5.41) is 0.301. The molecule has 0 bridgehead atoms. The predicted molar refractivity (Wildman–Crippen MR) is 69.4 cm³/mol. The molecule has 92 valence electrons. The Balaban J connectivity index is 2.19. The number of benzene rings is 2. The van der Waals surface area contributed by atoms with Crippen molar-refractivity contribution < 1.29 is 14.3 Å². The maximum atomic E-state index is 11.9. The minimum Gasteiger partial charge on any atom is -0.497 e. The molecule has 0 aliphatic rings. The molecule has 0 aromatic heterocycles. The quantitative estimate of drug-likeness (QED) is 0.627. The number of esters is 1. The van der Waals surface area contributed by atoms with Crippen LogP contribution in [0.5, 0.6) is 11.5 Å². The molecule has 0 atom stereocenters. The predicted octanol–water partition coefficient (Wildman–Crippen LogP) is 3.57. The van der Waals surface area contributed by atoms with Gasteiger partial charge in [0.25, 0.3) is 0 Å². The van der Waals surface area contributed by atoms with E-state index >= 15 is 0 Å². The van der Waals surface area contributed by atoms with Gasteiger partial charge in [-0.05, 0) is 30.3 Å². The van der Waals surface area contributed by atoms with Crippen molar-refractivity contribution in [3.8, 4) is 11.5 Å². The molecule has 0 heterocycles. The van der Waals surface area contributed by atoms with Gasteiger partial charge in [-0.2, -0.15) is 0 Å². The van der Waals surface area contributed by atoms with E-state index in [4.69, 9.17) is 21.1 Å². The second kappa shape index (κ2) is 5.56. The maximum absolute atomic E-state index is 11.9. The van der Waals surface area contributed by atoms with Gasteiger partial charge in [-0.1, -0.05) is 29.8 Å². The lowest BCUT2D eigenvalue weighted by Crippen LogP contribution is -2.09. The Bertz CT molecular complexity index is 552. The van der Waals surface area contributed by atoms with Gasteiger partial charge >= 0.3 is 5.97 Å². The molecule has 4 heteroatoms. The maximum Gasteiger partial charge on any atom is 0.345 e. The highest BCUT2D eigenvalue weighted by Crippen LogP contribution is 2.23. The third kappa shape index (κ3) is 2.81. The summed E-state index contributed by atoms with van der Waals surface area (Å²) in [5.74, 6) is 0.583. The van der Waals surface area contributed by atoms with Crippen molar-refractivity contribution in [3.63, 3.8) is 0 Å². The molecule has 2 aromatic rings. The fourth-order valence-electron chi connectivity index (χ4n) is 1.44. The van der Waals surface area contributed by atoms with Crippen LogP contribution in [-0.2, 0) is 0 Å². The fourth-order valence-corrected chi connectivity index (χ4v) is 1.69. The summed E-state index contributed by atoms with van der Waals surface area (Å²) in [5.41, 5.74) is 0.307. The van der Waals surface area contributed by atoms with Crippen molar-refractivity contribution in [2.45, 2.75) is 0 Å². The Morgan fingerprint density at radius 2 is 1.78 bits per heavy atom. The number of hydrogen-bond donors (Lipinski definition) is 0. The van der Waals surface area contributed by atoms with Gasteiger partial charge in [-0.25, -0.2) is 4.79 Å². The zero-order valence-corrected chi connectivity index (χ0v) is 10.5. The molecule has 0 N–H and O–H groups in total. The number of hydrogen-bond acceptors (Lipinski definition) is 3. The highest BCUT2D eigenvalue weighted by atomic mass is 35.5. The zero-order valence-electron chi connectivity index (χ0n) is 9.72. The standard InChI is InChI=1S/C14H11ClO3/c1-17-11-7-8-12(13(15)9-11)14(16)18-10-5-3-2-4-6-10/h2-9H,1H3. The normalized spacial score (nSPS) is 9.89. The highest BCUT2D eigenvalue weighted by molar-refractivity contribution is 6.33. The van der Waals surface area contributed by atoms with Gasteiger partial charge in [-0.15, -0.1) is 0 Å². The van der Waals surface area contributed by atoms with E-state index in [2.05, 4.69) is 0 Å². The number of para-hydroxylation sites is 1. The Hall–Kier alpha value is -2.00. The van der Waals surface area contributed by atoms with Gasteiger partial charge in [0, 0.05) is 0 Å². The largest absolute Gasteiger partial charge is 0.497 e. The molecule has 0 aliphatic carbocycles. The summed E-state index contributed by atoms with van der Waals surface area (Å²) >= 11 is 5.99. The summed E-state index contributed by atoms with van der Waals surface area (Å²) in [6.07, 6.45) is 0. The molecule has 0 saturated heterocycles. The van der Waals surface area contributed by atoms with Crippen molar-refractivity contribution in [1.29, 1.82) is 0 Å². The molecule has 0 amide bonds. The van der Waals surface area contributed by atoms with E-state index in [0.717, 1.165) is 0 Å². The van der Waals surface area contributed by atoms with E-state index < -0.39 is 5.97 Å². The van der Waals surface area contributed by atoms with Crippen molar-refractivity contribution >= 4 is 17.6 Å². The number of rotatable bonds is 3. The molecule has 0 spiro atoms. The van der Waals surface area contributed by atoms with Gasteiger partial charge in [0.05, 0.1) is 17.7 Å². The van der Waals surface area contributed by atoms with E-state index in [1.807, 2.05) is 6.07 Å². The van der Waals surface area contributed by atoms with Crippen molar-refractivity contribution in [2.24, 2.45) is 0 Å². The Morgan fingerprint density at radius 1 is 1.06 bits per heavy atom. The van der Waals surface area contributed by atoms with Crippen LogP contribution in [0.4, 0.5) is 0 Å². The van der Waals surface area contributed by atoms with Crippen molar-refractivity contribution in [1.82, 2.24) is 0 Å². The second-order valence-corrected chi connectivity index (χ2v) is 3.96. The van der Waals surface area contributed by atoms with Crippen LogP contribution in [-0.4, -0.2) is 13.1 Å². The lowest BCUT2D eigenvalue weighted by Gasteiger charge is -2.07. The van der Waals surface area contributed by atoms with Gasteiger partial charge in [0.2, 0.25) is 0 Å². The van der Waals surface area contributed by atoms with Crippen LogP contribution in [0.15, 0.2) is 48.5 Å². The SMILES string of the molecule is COc1ccc(C(=O)Oc2ccccc2)c(Cl)c1. The molecule has 2 aromatic carbocycles. The number of halogens is 1. The topological polar surface area (TPSA) is 35.5 Å². The van der Waals surface area contributed by atoms with E-state index in [1.54, 1.807) is 42.5 Å². The molecule has 0 fully saturated rings. The number of carbonyl (C=O) groups excluding carboxylic acids is 1. The van der Waals surface area contributed by atoms with E-state index in [1.165, 1.54) is 7.11 Å². The summed E-state index contributed by atoms with van der Waals surface area (Å²) < 4.78 is 10.2. The van der Waals surface area contributed by atoms with Gasteiger partial charge in [0.15, 0.2) is 0 Å². The number of carbonyl (C=O) groups is 1. The lowest BCUT2D eigenvalue weighted by atomic mass is 10.2. The van der Waals surface area contributed by atoms with Gasteiger partial charge in [0.1, 0.15) is 11.5 Å². The molecular weight excluding hydrogens is 252 g/mol. The van der Waals surface area contributed by atoms with Crippen LogP contribution in [0.1, 0.15) is 10.4 Å². The first-order valence-corrected chi connectivity index (χ1v) is 5.69. The minimum atomic E-state index is -0.492. The van der Waals surface area contributed by atoms with Crippen LogP contribution < -0.4 is 9.47 Å². The first-order chi connectivity index (χ1) is 8.70. The zero-order chi connectivity index (χ0) is 13.0. The Morgan fingerprint density at radius 3 is 2.39 bits per heavy atom. The summed E-state index contributed by atoms with van der Waals surface area (Å²) in [4.78, 5) is 11.9. The van der Waals surface area contributed by atoms with Crippen LogP contribution in [0.3, 0.4) is 0 Å². The molecule has 0 saturated carbocycles. The highest BCUT2D eigenvalue weighted by Gasteiger charge is 2.13. The third-order valence-electron chi connectivity index (χ3n) is 2.35. The van der Waals surface area contributed by atoms with Crippen LogP contribution >= 0.6 is 11.6 Å². The van der Waals surface area contributed by atoms with Crippen LogP contribution in [0, 0.1) is 0 Å². The molecule has 0 radical (unpaired) electrons. The number of methoxy groups -OCH3 is 1. The van der Waals surface area contributed by atoms with E-state index in [9.17, 15) is 4.79 Å². The Labute approximate surface area is 110 Å². The molecular formula is C14H11ClO3. The molecule has 3 nitrogen and oxygen atoms in total. The van der Waals surface area contributed by atoms with Crippen LogP contribution in [0.25, 0.3) is 0 Å². The van der Waals surface area contributed by atoms with E-state index in [-0.39, 0.29) is 0 Å². The first-order valence-electron chi connectivity index (χ1n) is 5.31. The average molecular weight is 263 g/mol. The van der Waals surface area contributed by atoms with Crippen LogP contribution in [0.2, 0.25) is 5.02 Å². The summed E-state index contributed by atoms with van der Waals surface area (Å²) in [6, 6.07) is 13.6. The number of ether oxygens (including phenoxy) is 2. The fraction of sp³-hybridized carbons (Fsp3) is 0.0714. The monoisotopic (exact) mass is 262 g/mol. The molecule has 2 rings (SSSR count). The molecule has 0 aliphatic heterocycles. The van der Waals surface area contributed by atoms with Crippen molar-refractivity contribution in [2.75, 3.05) is 7.11 Å². The smallest absolute Gasteiger partial charge is 0.345 e. The molecule has 18 heavy (non-hydrogen) atoms. The average Bonchev–Trinajstić information content (AvgIpc) is 2.39.